The van der Waals surface area contributed by atoms with Crippen molar-refractivity contribution in [3.8, 4) is 0 Å². The zero-order valence-electron chi connectivity index (χ0n) is 15.4. The lowest BCUT2D eigenvalue weighted by Gasteiger charge is -2.17. The molecule has 1 amide bonds. The number of carbonyl (C=O) groups excluding carboxylic acids is 1. The van der Waals surface area contributed by atoms with Crippen LogP contribution in [0.3, 0.4) is 0 Å². The highest BCUT2D eigenvalue weighted by Crippen LogP contribution is 2.19. The molecule has 4 heteroatoms. The number of likely N-dealkylation sites (N-methyl/N-ethyl adjacent to an activating group) is 1. The lowest BCUT2D eigenvalue weighted by Crippen LogP contribution is -2.30. The molecule has 0 bridgehead atoms. The van der Waals surface area contributed by atoms with Crippen molar-refractivity contribution < 1.29 is 9.18 Å². The van der Waals surface area contributed by atoms with Crippen molar-refractivity contribution >= 4 is 11.6 Å². The van der Waals surface area contributed by atoms with E-state index in [9.17, 15) is 9.18 Å². The third-order valence-corrected chi connectivity index (χ3v) is 4.28. The first kappa shape index (κ1) is 18.8. The molecular formula is C23H23FN2O. The van der Waals surface area contributed by atoms with E-state index in [2.05, 4.69) is 17.4 Å². The highest BCUT2D eigenvalue weighted by Gasteiger charge is 2.10. The van der Waals surface area contributed by atoms with E-state index < -0.39 is 0 Å². The van der Waals surface area contributed by atoms with Gasteiger partial charge in [-0.2, -0.15) is 0 Å². The average molecular weight is 362 g/mol. The van der Waals surface area contributed by atoms with Crippen molar-refractivity contribution in [2.24, 2.45) is 0 Å². The van der Waals surface area contributed by atoms with Gasteiger partial charge in [-0.05, 0) is 48.4 Å². The number of nitrogens with one attached hydrogen (secondary N) is 1. The number of para-hydroxylation sites is 1. The lowest BCUT2D eigenvalue weighted by molar-refractivity contribution is -0.117. The van der Waals surface area contributed by atoms with Crippen molar-refractivity contribution in [1.82, 2.24) is 4.90 Å². The summed E-state index contributed by atoms with van der Waals surface area (Å²) in [6, 6.07) is 24.4. The van der Waals surface area contributed by atoms with Crippen LogP contribution in [0.15, 0.2) is 78.9 Å². The maximum absolute atomic E-state index is 13.3. The minimum Gasteiger partial charge on any atom is -0.325 e. The Bertz CT molecular complexity index is 896. The predicted molar refractivity (Wildman–Crippen MR) is 107 cm³/mol. The molecule has 0 saturated heterocycles. The summed E-state index contributed by atoms with van der Waals surface area (Å²) in [4.78, 5) is 14.3. The molecule has 27 heavy (non-hydrogen) atoms. The number of carbonyl (C=O) groups is 1. The predicted octanol–water partition coefficient (Wildman–Crippen LogP) is 4.49. The van der Waals surface area contributed by atoms with E-state index in [0.717, 1.165) is 23.2 Å². The number of hydrogen-bond donors (Lipinski definition) is 1. The summed E-state index contributed by atoms with van der Waals surface area (Å²) in [6.07, 6.45) is 0.760. The Morgan fingerprint density at radius 3 is 2.41 bits per heavy atom. The van der Waals surface area contributed by atoms with Gasteiger partial charge in [0.2, 0.25) is 5.91 Å². The Morgan fingerprint density at radius 1 is 0.926 bits per heavy atom. The van der Waals surface area contributed by atoms with E-state index in [-0.39, 0.29) is 18.3 Å². The summed E-state index contributed by atoms with van der Waals surface area (Å²) >= 11 is 0. The second kappa shape index (κ2) is 9.10. The van der Waals surface area contributed by atoms with Crippen molar-refractivity contribution in [2.45, 2.75) is 13.0 Å². The van der Waals surface area contributed by atoms with Crippen molar-refractivity contribution in [3.63, 3.8) is 0 Å². The van der Waals surface area contributed by atoms with Gasteiger partial charge >= 0.3 is 0 Å². The van der Waals surface area contributed by atoms with Crippen molar-refractivity contribution in [3.05, 3.63) is 101 Å². The van der Waals surface area contributed by atoms with Crippen LogP contribution in [-0.4, -0.2) is 24.4 Å². The Morgan fingerprint density at radius 2 is 1.63 bits per heavy atom. The minimum absolute atomic E-state index is 0.0885. The number of anilines is 1. The summed E-state index contributed by atoms with van der Waals surface area (Å²) in [6.45, 7) is 0.743. The van der Waals surface area contributed by atoms with Crippen LogP contribution in [0.5, 0.6) is 0 Å². The molecule has 0 aromatic heterocycles. The lowest BCUT2D eigenvalue weighted by atomic mass is 10.0. The van der Waals surface area contributed by atoms with Gasteiger partial charge in [0, 0.05) is 12.2 Å². The second-order valence-electron chi connectivity index (χ2n) is 6.67. The smallest absolute Gasteiger partial charge is 0.238 e. The topological polar surface area (TPSA) is 32.3 Å². The molecular weight excluding hydrogens is 339 g/mol. The Kier molecular flexibility index (Phi) is 6.34. The molecule has 0 saturated carbocycles. The third-order valence-electron chi connectivity index (χ3n) is 4.28. The Labute approximate surface area is 159 Å². The third kappa shape index (κ3) is 5.76. The van der Waals surface area contributed by atoms with Crippen molar-refractivity contribution in [1.29, 1.82) is 0 Å². The van der Waals surface area contributed by atoms with E-state index >= 15 is 0 Å². The zero-order valence-corrected chi connectivity index (χ0v) is 15.4. The normalized spacial score (nSPS) is 10.8. The molecule has 3 aromatic rings. The average Bonchev–Trinajstić information content (AvgIpc) is 2.64. The fourth-order valence-electron chi connectivity index (χ4n) is 3.05. The number of hydrogen-bond acceptors (Lipinski definition) is 2. The van der Waals surface area contributed by atoms with Gasteiger partial charge in [0.05, 0.1) is 6.54 Å². The van der Waals surface area contributed by atoms with E-state index in [1.807, 2.05) is 60.5 Å². The molecule has 0 aliphatic carbocycles. The van der Waals surface area contributed by atoms with Gasteiger partial charge in [-0.25, -0.2) is 4.39 Å². The van der Waals surface area contributed by atoms with Crippen molar-refractivity contribution in [2.75, 3.05) is 18.9 Å². The standard InChI is InChI=1S/C23H23FN2O/c1-26(16-19-10-7-12-21(24)15-19)17-23(27)25-22-13-6-5-11-20(22)14-18-8-3-2-4-9-18/h2-13,15H,14,16-17H2,1H3,(H,25,27). The Hall–Kier alpha value is -2.98. The summed E-state index contributed by atoms with van der Waals surface area (Å²) < 4.78 is 13.3. The van der Waals surface area contributed by atoms with Crippen LogP contribution in [0.4, 0.5) is 10.1 Å². The number of halogens is 1. The second-order valence-corrected chi connectivity index (χ2v) is 6.67. The molecule has 0 radical (unpaired) electrons. The van der Waals surface area contributed by atoms with Gasteiger partial charge in [-0.1, -0.05) is 60.7 Å². The molecule has 138 valence electrons. The largest absolute Gasteiger partial charge is 0.325 e. The molecule has 0 fully saturated rings. The highest BCUT2D eigenvalue weighted by molar-refractivity contribution is 5.93. The molecule has 0 unspecified atom stereocenters. The summed E-state index contributed by atoms with van der Waals surface area (Å²) in [7, 11) is 1.85. The number of amides is 1. The van der Waals surface area contributed by atoms with Crippen LogP contribution < -0.4 is 5.32 Å². The molecule has 0 heterocycles. The number of nitrogens with zero attached hydrogens (tertiary/aromatic N) is 1. The molecule has 3 nitrogen and oxygen atoms in total. The van der Waals surface area contributed by atoms with E-state index in [0.29, 0.717) is 6.54 Å². The summed E-state index contributed by atoms with van der Waals surface area (Å²) in [5.41, 5.74) is 3.94. The van der Waals surface area contributed by atoms with E-state index in [4.69, 9.17) is 0 Å². The minimum atomic E-state index is -0.264. The first-order chi connectivity index (χ1) is 13.1. The van der Waals surface area contributed by atoms with E-state index in [1.54, 1.807) is 6.07 Å². The maximum atomic E-state index is 13.3. The molecule has 1 N–H and O–H groups in total. The molecule has 0 aliphatic rings. The quantitative estimate of drug-likeness (QED) is 0.672. The van der Waals surface area contributed by atoms with Crippen LogP contribution in [0.2, 0.25) is 0 Å². The summed E-state index contributed by atoms with van der Waals surface area (Å²) in [5, 5.41) is 3.00. The molecule has 0 atom stereocenters. The first-order valence-corrected chi connectivity index (χ1v) is 8.95. The van der Waals surface area contributed by atoms with Crippen LogP contribution in [0.1, 0.15) is 16.7 Å². The van der Waals surface area contributed by atoms with Gasteiger partial charge in [-0.15, -0.1) is 0 Å². The fourth-order valence-corrected chi connectivity index (χ4v) is 3.05. The number of rotatable bonds is 7. The van der Waals surface area contributed by atoms with Gasteiger partial charge in [0.1, 0.15) is 5.82 Å². The van der Waals surface area contributed by atoms with Crippen LogP contribution in [0, 0.1) is 5.82 Å². The number of benzene rings is 3. The maximum Gasteiger partial charge on any atom is 0.238 e. The molecule has 0 aliphatic heterocycles. The molecule has 0 spiro atoms. The van der Waals surface area contributed by atoms with Gasteiger partial charge < -0.3 is 5.32 Å². The monoisotopic (exact) mass is 362 g/mol. The first-order valence-electron chi connectivity index (χ1n) is 8.95. The highest BCUT2D eigenvalue weighted by atomic mass is 19.1. The van der Waals surface area contributed by atoms with Crippen LogP contribution >= 0.6 is 0 Å². The molecule has 3 rings (SSSR count). The SMILES string of the molecule is CN(CC(=O)Nc1ccccc1Cc1ccccc1)Cc1cccc(F)c1. The summed E-state index contributed by atoms with van der Waals surface area (Å²) in [5.74, 6) is -0.352. The Balaban J connectivity index is 1.60. The van der Waals surface area contributed by atoms with Gasteiger partial charge in [0.25, 0.3) is 0 Å². The van der Waals surface area contributed by atoms with Gasteiger partial charge in [-0.3, -0.25) is 9.69 Å². The van der Waals surface area contributed by atoms with Crippen LogP contribution in [-0.2, 0) is 17.8 Å². The zero-order chi connectivity index (χ0) is 19.1. The molecule has 3 aromatic carbocycles. The van der Waals surface area contributed by atoms with E-state index in [1.165, 1.54) is 17.7 Å². The van der Waals surface area contributed by atoms with Crippen LogP contribution in [0.25, 0.3) is 0 Å². The van der Waals surface area contributed by atoms with Gasteiger partial charge in [0.15, 0.2) is 0 Å². The fraction of sp³-hybridized carbons (Fsp3) is 0.174.